The van der Waals surface area contributed by atoms with E-state index in [1.54, 1.807) is 16.8 Å². The van der Waals surface area contributed by atoms with Crippen LogP contribution in [-0.4, -0.2) is 29.6 Å². The Morgan fingerprint density at radius 3 is 2.54 bits per heavy atom. The number of aryl methyl sites for hydroxylation is 2. The van der Waals surface area contributed by atoms with E-state index in [4.69, 9.17) is 23.2 Å². The number of aromatic nitrogens is 6. The van der Waals surface area contributed by atoms with Crippen molar-refractivity contribution in [2.24, 2.45) is 0 Å². The summed E-state index contributed by atoms with van der Waals surface area (Å²) in [5, 5.41) is 12.9. The molecule has 3 aromatic heterocycles. The van der Waals surface area contributed by atoms with E-state index in [2.05, 4.69) is 20.4 Å². The molecule has 0 atom stereocenters. The molecule has 0 N–H and O–H groups in total. The van der Waals surface area contributed by atoms with Crippen molar-refractivity contribution in [3.05, 3.63) is 46.5 Å². The van der Waals surface area contributed by atoms with Gasteiger partial charge in [0.05, 0.1) is 16.4 Å². The van der Waals surface area contributed by atoms with Crippen molar-refractivity contribution in [2.75, 3.05) is 0 Å². The minimum absolute atomic E-state index is 0.197. The van der Waals surface area contributed by atoms with Gasteiger partial charge < -0.3 is 0 Å². The lowest BCUT2D eigenvalue weighted by molar-refractivity contribution is 0.0821. The molecule has 4 rings (SSSR count). The third-order valence-electron chi connectivity index (χ3n) is 3.68. The monoisotopic (exact) mass is 414 g/mol. The third-order valence-corrected chi connectivity index (χ3v) is 5.11. The highest BCUT2D eigenvalue weighted by Crippen LogP contribution is 2.36. The summed E-state index contributed by atoms with van der Waals surface area (Å²) in [6.45, 7) is 3.84. The van der Waals surface area contributed by atoms with Gasteiger partial charge in [-0.25, -0.2) is 4.68 Å². The molecule has 0 aliphatic heterocycles. The molecular formula is C15H10Cl2F2N6S. The Morgan fingerprint density at radius 2 is 1.88 bits per heavy atom. The average Bonchev–Trinajstić information content (AvgIpc) is 3.20. The maximum Gasteiger partial charge on any atom is 0.383 e. The predicted molar refractivity (Wildman–Crippen MR) is 95.4 cm³/mol. The first-order valence-corrected chi connectivity index (χ1v) is 8.94. The summed E-state index contributed by atoms with van der Waals surface area (Å²) in [6.07, 6.45) is 0. The standard InChI is InChI=1S/C15H10Cl2F2N6S/c1-7-5-8(2)24(22-7)9-3-4-11(16)10(6-9)12-23-25-13(15(17,18)19)20-21-14(25)26-12/h3-6H,1-2H3. The molecule has 0 spiro atoms. The van der Waals surface area contributed by atoms with Gasteiger partial charge in [0, 0.05) is 11.3 Å². The van der Waals surface area contributed by atoms with Gasteiger partial charge in [-0.2, -0.15) is 23.5 Å². The molecule has 4 aromatic rings. The number of hydrogen-bond acceptors (Lipinski definition) is 5. The van der Waals surface area contributed by atoms with Gasteiger partial charge in [-0.05, 0) is 49.7 Å². The second-order valence-corrected chi connectivity index (χ2v) is 7.46. The van der Waals surface area contributed by atoms with Gasteiger partial charge in [-0.1, -0.05) is 22.9 Å². The van der Waals surface area contributed by atoms with E-state index >= 15 is 0 Å². The molecule has 26 heavy (non-hydrogen) atoms. The Hall–Kier alpha value is -2.10. The lowest BCUT2D eigenvalue weighted by atomic mass is 10.2. The van der Waals surface area contributed by atoms with Crippen LogP contribution in [-0.2, 0) is 5.38 Å². The zero-order valence-corrected chi connectivity index (χ0v) is 15.7. The summed E-state index contributed by atoms with van der Waals surface area (Å²) < 4.78 is 29.5. The van der Waals surface area contributed by atoms with E-state index in [1.165, 1.54) is 0 Å². The highest BCUT2D eigenvalue weighted by Gasteiger charge is 2.35. The van der Waals surface area contributed by atoms with Crippen molar-refractivity contribution >= 4 is 39.5 Å². The number of nitrogens with zero attached hydrogens (tertiary/aromatic N) is 6. The van der Waals surface area contributed by atoms with Crippen molar-refractivity contribution in [3.63, 3.8) is 0 Å². The Kier molecular flexibility index (Phi) is 3.98. The van der Waals surface area contributed by atoms with Crippen LogP contribution in [0.1, 0.15) is 17.2 Å². The fourth-order valence-corrected chi connectivity index (χ4v) is 3.85. The number of benzene rings is 1. The summed E-state index contributed by atoms with van der Waals surface area (Å²) in [7, 11) is 0. The van der Waals surface area contributed by atoms with E-state index in [0.717, 1.165) is 32.9 Å². The molecule has 134 valence electrons. The summed E-state index contributed by atoms with van der Waals surface area (Å²) in [6, 6.07) is 7.28. The van der Waals surface area contributed by atoms with E-state index in [0.29, 0.717) is 15.6 Å². The maximum absolute atomic E-state index is 13.4. The van der Waals surface area contributed by atoms with E-state index in [-0.39, 0.29) is 4.96 Å². The molecule has 0 saturated carbocycles. The highest BCUT2D eigenvalue weighted by molar-refractivity contribution is 7.19. The van der Waals surface area contributed by atoms with Crippen LogP contribution in [0, 0.1) is 13.8 Å². The van der Waals surface area contributed by atoms with Gasteiger partial charge >= 0.3 is 5.38 Å². The Bertz CT molecular complexity index is 1130. The number of hydrogen-bond donors (Lipinski definition) is 0. The second-order valence-electron chi connectivity index (χ2n) is 5.63. The number of alkyl halides is 3. The molecule has 11 heteroatoms. The molecule has 1 aromatic carbocycles. The zero-order chi connectivity index (χ0) is 18.6. The second kappa shape index (κ2) is 5.97. The van der Waals surface area contributed by atoms with Crippen molar-refractivity contribution in [1.82, 2.24) is 29.6 Å². The summed E-state index contributed by atoms with van der Waals surface area (Å²) in [4.78, 5) is 0.197. The fourth-order valence-electron chi connectivity index (χ4n) is 2.60. The molecule has 0 unspecified atom stereocenters. The van der Waals surface area contributed by atoms with Crippen LogP contribution in [0.25, 0.3) is 21.2 Å². The highest BCUT2D eigenvalue weighted by atomic mass is 35.5. The topological polar surface area (TPSA) is 60.9 Å². The van der Waals surface area contributed by atoms with Crippen molar-refractivity contribution in [2.45, 2.75) is 19.2 Å². The van der Waals surface area contributed by atoms with Crippen LogP contribution in [0.15, 0.2) is 24.3 Å². The number of fused-ring (bicyclic) bond motifs is 1. The van der Waals surface area contributed by atoms with Crippen LogP contribution in [0.2, 0.25) is 5.02 Å². The molecule has 3 heterocycles. The summed E-state index contributed by atoms with van der Waals surface area (Å²) in [5.41, 5.74) is 3.20. The molecule has 0 amide bonds. The molecule has 0 aliphatic carbocycles. The molecular weight excluding hydrogens is 405 g/mol. The fraction of sp³-hybridized carbons (Fsp3) is 0.200. The normalized spacial score (nSPS) is 12.2. The molecule has 0 saturated heterocycles. The van der Waals surface area contributed by atoms with Crippen LogP contribution >= 0.6 is 34.5 Å². The molecule has 0 fully saturated rings. The van der Waals surface area contributed by atoms with Gasteiger partial charge in [-0.3, -0.25) is 0 Å². The van der Waals surface area contributed by atoms with Crippen LogP contribution < -0.4 is 0 Å². The van der Waals surface area contributed by atoms with Gasteiger partial charge in [0.25, 0.3) is 0 Å². The predicted octanol–water partition coefficient (Wildman–Crippen LogP) is 4.60. The zero-order valence-electron chi connectivity index (χ0n) is 13.4. The minimum Gasteiger partial charge on any atom is -0.238 e. The SMILES string of the molecule is Cc1cc(C)n(-c2ccc(Cl)c(-c3nn4c(C(F)(F)Cl)nnc4s3)c2)n1. The maximum atomic E-state index is 13.4. The lowest BCUT2D eigenvalue weighted by Crippen LogP contribution is -2.10. The summed E-state index contributed by atoms with van der Waals surface area (Å²) >= 11 is 12.5. The smallest absolute Gasteiger partial charge is 0.238 e. The van der Waals surface area contributed by atoms with Gasteiger partial charge in [0.1, 0.15) is 5.01 Å². The first kappa shape index (κ1) is 17.3. The van der Waals surface area contributed by atoms with Gasteiger partial charge in [-0.15, -0.1) is 10.2 Å². The number of rotatable bonds is 3. The number of halogens is 4. The first-order chi connectivity index (χ1) is 12.2. The van der Waals surface area contributed by atoms with E-state index in [9.17, 15) is 8.78 Å². The Morgan fingerprint density at radius 1 is 1.12 bits per heavy atom. The van der Waals surface area contributed by atoms with Crippen molar-refractivity contribution in [3.8, 4) is 16.3 Å². The Balaban J connectivity index is 1.85. The van der Waals surface area contributed by atoms with Crippen molar-refractivity contribution < 1.29 is 8.78 Å². The van der Waals surface area contributed by atoms with Gasteiger partial charge in [0.15, 0.2) is 0 Å². The van der Waals surface area contributed by atoms with E-state index < -0.39 is 11.2 Å². The van der Waals surface area contributed by atoms with E-state index in [1.807, 2.05) is 26.0 Å². The molecule has 0 aliphatic rings. The quantitative estimate of drug-likeness (QED) is 0.459. The van der Waals surface area contributed by atoms with Crippen LogP contribution in [0.3, 0.4) is 0 Å². The summed E-state index contributed by atoms with van der Waals surface area (Å²) in [5.74, 6) is -0.734. The minimum atomic E-state index is -3.67. The molecule has 0 radical (unpaired) electrons. The Labute approximate surface area is 160 Å². The largest absolute Gasteiger partial charge is 0.383 e. The van der Waals surface area contributed by atoms with Crippen LogP contribution in [0.5, 0.6) is 0 Å². The first-order valence-electron chi connectivity index (χ1n) is 7.37. The van der Waals surface area contributed by atoms with Gasteiger partial charge in [0.2, 0.25) is 10.8 Å². The third kappa shape index (κ3) is 2.85. The van der Waals surface area contributed by atoms with Crippen molar-refractivity contribution in [1.29, 1.82) is 0 Å². The lowest BCUT2D eigenvalue weighted by Gasteiger charge is -2.07. The molecule has 6 nitrogen and oxygen atoms in total. The van der Waals surface area contributed by atoms with Crippen LogP contribution in [0.4, 0.5) is 8.78 Å². The average molecular weight is 415 g/mol. The molecule has 0 bridgehead atoms.